The zero-order chi connectivity index (χ0) is 17.3. The van der Waals surface area contributed by atoms with E-state index in [1.54, 1.807) is 12.4 Å². The Hall–Kier alpha value is -2.73. The van der Waals surface area contributed by atoms with Crippen LogP contribution in [0.4, 0.5) is 17.3 Å². The van der Waals surface area contributed by atoms with Crippen LogP contribution in [-0.4, -0.2) is 52.1 Å². The van der Waals surface area contributed by atoms with Gasteiger partial charge in [0, 0.05) is 54.8 Å². The monoisotopic (exact) mass is 346 g/mol. The van der Waals surface area contributed by atoms with E-state index in [2.05, 4.69) is 54.3 Å². The van der Waals surface area contributed by atoms with Crippen molar-refractivity contribution >= 4 is 28.4 Å². The van der Waals surface area contributed by atoms with Crippen molar-refractivity contribution in [2.24, 2.45) is 0 Å². The van der Waals surface area contributed by atoms with Crippen LogP contribution >= 0.6 is 0 Å². The molecule has 2 fully saturated rings. The topological polar surface area (TPSA) is 57.2 Å². The molecule has 1 unspecified atom stereocenters. The molecule has 0 bridgehead atoms. The molecule has 132 valence electrons. The van der Waals surface area contributed by atoms with Crippen molar-refractivity contribution in [2.45, 2.75) is 18.9 Å². The maximum atomic E-state index is 4.47. The molecule has 4 heterocycles. The van der Waals surface area contributed by atoms with Gasteiger partial charge in [0.2, 0.25) is 5.95 Å². The average Bonchev–Trinajstić information content (AvgIpc) is 3.16. The van der Waals surface area contributed by atoms with Crippen LogP contribution in [0.5, 0.6) is 0 Å². The summed E-state index contributed by atoms with van der Waals surface area (Å²) in [5.41, 5.74) is 2.99. The molecule has 1 aromatic carbocycles. The van der Waals surface area contributed by atoms with E-state index in [0.717, 1.165) is 30.2 Å². The van der Waals surface area contributed by atoms with Crippen LogP contribution in [0.3, 0.4) is 0 Å². The fourth-order valence-electron chi connectivity index (χ4n) is 4.03. The minimum absolute atomic E-state index is 0.573. The van der Waals surface area contributed by atoms with E-state index >= 15 is 0 Å². The lowest BCUT2D eigenvalue weighted by molar-refractivity contribution is 0.231. The Labute approximate surface area is 152 Å². The summed E-state index contributed by atoms with van der Waals surface area (Å²) < 4.78 is 0. The van der Waals surface area contributed by atoms with Crippen LogP contribution in [0, 0.1) is 0 Å². The molecule has 0 spiro atoms. The zero-order valence-electron chi connectivity index (χ0n) is 14.7. The van der Waals surface area contributed by atoms with Gasteiger partial charge in [-0.15, -0.1) is 0 Å². The third-order valence-electron chi connectivity index (χ3n) is 5.43. The second-order valence-corrected chi connectivity index (χ2v) is 7.06. The minimum Gasteiger partial charge on any atom is -0.369 e. The Bertz CT molecular complexity index is 910. The van der Waals surface area contributed by atoms with Gasteiger partial charge in [0.25, 0.3) is 0 Å². The number of anilines is 3. The highest BCUT2D eigenvalue weighted by atomic mass is 15.3. The van der Waals surface area contributed by atoms with Gasteiger partial charge in [0.05, 0.1) is 0 Å². The number of piperazine rings is 1. The van der Waals surface area contributed by atoms with Crippen LogP contribution in [0.1, 0.15) is 12.8 Å². The predicted molar refractivity (Wildman–Crippen MR) is 104 cm³/mol. The van der Waals surface area contributed by atoms with Gasteiger partial charge in [-0.25, -0.2) is 9.97 Å². The number of nitrogens with zero attached hydrogens (tertiary/aromatic N) is 5. The quantitative estimate of drug-likeness (QED) is 0.787. The Balaban J connectivity index is 1.30. The Morgan fingerprint density at radius 1 is 1.00 bits per heavy atom. The van der Waals surface area contributed by atoms with Crippen LogP contribution in [0.2, 0.25) is 0 Å². The fourth-order valence-corrected chi connectivity index (χ4v) is 4.03. The highest BCUT2D eigenvalue weighted by Crippen LogP contribution is 2.26. The molecule has 0 radical (unpaired) electrons. The van der Waals surface area contributed by atoms with Crippen molar-refractivity contribution in [1.29, 1.82) is 0 Å². The van der Waals surface area contributed by atoms with Gasteiger partial charge in [0.15, 0.2) is 5.65 Å². The van der Waals surface area contributed by atoms with E-state index in [1.807, 2.05) is 12.1 Å². The second kappa shape index (κ2) is 6.53. The van der Waals surface area contributed by atoms with Crippen molar-refractivity contribution in [3.63, 3.8) is 0 Å². The lowest BCUT2D eigenvalue weighted by Crippen LogP contribution is -2.50. The summed E-state index contributed by atoms with van der Waals surface area (Å²) in [7, 11) is 0. The van der Waals surface area contributed by atoms with Crippen LogP contribution in [-0.2, 0) is 0 Å². The molecule has 0 saturated carbocycles. The van der Waals surface area contributed by atoms with Crippen molar-refractivity contribution in [3.8, 4) is 0 Å². The zero-order valence-corrected chi connectivity index (χ0v) is 14.7. The first-order chi connectivity index (χ1) is 12.8. The van der Waals surface area contributed by atoms with E-state index < -0.39 is 0 Å². The van der Waals surface area contributed by atoms with Gasteiger partial charge >= 0.3 is 0 Å². The van der Waals surface area contributed by atoms with Gasteiger partial charge in [-0.3, -0.25) is 4.90 Å². The van der Waals surface area contributed by atoms with E-state index in [-0.39, 0.29) is 0 Å². The van der Waals surface area contributed by atoms with Crippen molar-refractivity contribution in [2.75, 3.05) is 36.4 Å². The van der Waals surface area contributed by atoms with Crippen molar-refractivity contribution < 1.29 is 0 Å². The molecule has 0 aliphatic carbocycles. The van der Waals surface area contributed by atoms with Gasteiger partial charge in [-0.2, -0.15) is 4.98 Å². The molecule has 1 atom stereocenters. The van der Waals surface area contributed by atoms with Crippen LogP contribution < -0.4 is 10.2 Å². The number of fused-ring (bicyclic) bond motifs is 2. The first-order valence-corrected chi connectivity index (χ1v) is 9.29. The Morgan fingerprint density at radius 2 is 1.92 bits per heavy atom. The Kier molecular flexibility index (Phi) is 3.90. The fraction of sp³-hybridized carbons (Fsp3) is 0.350. The number of aromatic nitrogens is 3. The summed E-state index contributed by atoms with van der Waals surface area (Å²) in [5.74, 6) is 0.573. The van der Waals surface area contributed by atoms with Crippen molar-refractivity contribution in [3.05, 3.63) is 48.8 Å². The number of benzene rings is 1. The molecule has 2 aromatic heterocycles. The normalized spacial score (nSPS) is 20.3. The van der Waals surface area contributed by atoms with Gasteiger partial charge in [0.1, 0.15) is 0 Å². The first kappa shape index (κ1) is 15.5. The predicted octanol–water partition coefficient (Wildman–Crippen LogP) is 3.05. The van der Waals surface area contributed by atoms with E-state index in [9.17, 15) is 0 Å². The number of rotatable bonds is 3. The number of nitrogens with one attached hydrogen (secondary N) is 1. The molecule has 6 nitrogen and oxygen atoms in total. The summed E-state index contributed by atoms with van der Waals surface area (Å²) in [4.78, 5) is 18.3. The first-order valence-electron chi connectivity index (χ1n) is 9.29. The summed E-state index contributed by atoms with van der Waals surface area (Å²) in [5, 5.41) is 4.22. The summed E-state index contributed by atoms with van der Waals surface area (Å²) in [6.45, 7) is 4.72. The molecule has 26 heavy (non-hydrogen) atoms. The maximum Gasteiger partial charge on any atom is 0.229 e. The van der Waals surface area contributed by atoms with Crippen molar-refractivity contribution in [1.82, 2.24) is 19.9 Å². The minimum atomic E-state index is 0.573. The number of hydrogen-bond acceptors (Lipinski definition) is 6. The van der Waals surface area contributed by atoms with Crippen LogP contribution in [0.15, 0.2) is 48.8 Å². The lowest BCUT2D eigenvalue weighted by atomic mass is 10.1. The third kappa shape index (κ3) is 2.97. The smallest absolute Gasteiger partial charge is 0.229 e. The Morgan fingerprint density at radius 3 is 2.85 bits per heavy atom. The number of hydrogen-bond donors (Lipinski definition) is 1. The van der Waals surface area contributed by atoms with Gasteiger partial charge in [-0.1, -0.05) is 0 Å². The highest BCUT2D eigenvalue weighted by molar-refractivity contribution is 5.74. The maximum absolute atomic E-state index is 4.47. The number of pyridine rings is 1. The molecular formula is C20H22N6. The van der Waals surface area contributed by atoms with E-state index in [4.69, 9.17) is 0 Å². The molecule has 3 aromatic rings. The molecule has 6 heteroatoms. The van der Waals surface area contributed by atoms with E-state index in [1.165, 1.54) is 31.6 Å². The second-order valence-electron chi connectivity index (χ2n) is 7.06. The molecule has 2 saturated heterocycles. The average molecular weight is 346 g/mol. The van der Waals surface area contributed by atoms with Gasteiger partial charge < -0.3 is 10.2 Å². The molecule has 2 aliphatic rings. The standard InChI is InChI=1S/C20H22N6/c1-3-15-13-22-20(24-19(15)21-9-1)23-16-5-7-17(8-6-16)26-12-11-25-10-2-4-18(25)14-26/h1,3,5-9,13,18H,2,4,10-12,14H2,(H,21,22,23,24). The summed E-state index contributed by atoms with van der Waals surface area (Å²) >= 11 is 0. The SMILES string of the molecule is c1cnc2nc(Nc3ccc(N4CCN5CCCC5C4)cc3)ncc2c1. The lowest BCUT2D eigenvalue weighted by Gasteiger charge is -2.38. The van der Waals surface area contributed by atoms with Crippen LogP contribution in [0.25, 0.3) is 11.0 Å². The molecule has 5 rings (SSSR count). The third-order valence-corrected chi connectivity index (χ3v) is 5.43. The molecular weight excluding hydrogens is 324 g/mol. The molecule has 2 aliphatic heterocycles. The largest absolute Gasteiger partial charge is 0.369 e. The van der Waals surface area contributed by atoms with Gasteiger partial charge in [-0.05, 0) is 55.8 Å². The summed E-state index contributed by atoms with van der Waals surface area (Å²) in [6.07, 6.45) is 6.23. The highest BCUT2D eigenvalue weighted by Gasteiger charge is 2.30. The molecule has 0 amide bonds. The molecule has 1 N–H and O–H groups in total. The van der Waals surface area contributed by atoms with E-state index in [0.29, 0.717) is 11.6 Å². The summed E-state index contributed by atoms with van der Waals surface area (Å²) in [6, 6.07) is 13.2.